The molecule has 1 aliphatic heterocycles. The molecule has 1 saturated heterocycles. The minimum absolute atomic E-state index is 2.28. The summed E-state index contributed by atoms with van der Waals surface area (Å²) in [6.45, 7) is -2.28. The Kier molecular flexibility index (Phi) is 4.37. The van der Waals surface area contributed by atoms with Crippen LogP contribution in [0.1, 0.15) is 0 Å². The van der Waals surface area contributed by atoms with E-state index in [0.717, 1.165) is 0 Å². The molecule has 0 aromatic carbocycles. The zero-order chi connectivity index (χ0) is 16.7. The molecule has 2 unspecified atom stereocenters. The molecular formula is C7H3F9O5. The lowest BCUT2D eigenvalue weighted by molar-refractivity contribution is -0.410. The van der Waals surface area contributed by atoms with Crippen LogP contribution in [0.25, 0.3) is 0 Å². The average molecular weight is 338 g/mol. The van der Waals surface area contributed by atoms with E-state index in [-0.39, 0.29) is 0 Å². The van der Waals surface area contributed by atoms with Crippen molar-refractivity contribution >= 4 is 5.97 Å². The van der Waals surface area contributed by atoms with E-state index in [1.54, 1.807) is 0 Å². The van der Waals surface area contributed by atoms with Crippen molar-refractivity contribution in [1.29, 1.82) is 0 Å². The molecule has 0 N–H and O–H groups in total. The highest BCUT2D eigenvalue weighted by molar-refractivity contribution is 5.75. The number of alkyl halides is 9. The quantitative estimate of drug-likeness (QED) is 0.583. The van der Waals surface area contributed by atoms with Gasteiger partial charge in [0.2, 0.25) is 6.29 Å². The lowest BCUT2D eigenvalue weighted by atomic mass is 10.3. The Bertz CT molecular complexity index is 404. The molecule has 0 bridgehead atoms. The Morgan fingerprint density at radius 1 is 1.10 bits per heavy atom. The van der Waals surface area contributed by atoms with E-state index >= 15 is 0 Å². The minimum Gasteiger partial charge on any atom is -0.453 e. The van der Waals surface area contributed by atoms with Gasteiger partial charge in [0.15, 0.2) is 6.61 Å². The first-order valence-corrected chi connectivity index (χ1v) is 4.58. The molecule has 14 heteroatoms. The Hall–Kier alpha value is -1.28. The normalized spacial score (nSPS) is 29.5. The molecule has 0 amide bonds. The van der Waals surface area contributed by atoms with Crippen LogP contribution in [0.2, 0.25) is 0 Å². The highest BCUT2D eigenvalue weighted by Crippen LogP contribution is 2.43. The topological polar surface area (TPSA) is 54.0 Å². The highest BCUT2D eigenvalue weighted by Gasteiger charge is 2.65. The molecule has 124 valence electrons. The summed E-state index contributed by atoms with van der Waals surface area (Å²) in [7, 11) is 0. The fraction of sp³-hybridized carbons (Fsp3) is 0.857. The third-order valence-electron chi connectivity index (χ3n) is 1.76. The van der Waals surface area contributed by atoms with Gasteiger partial charge in [-0.05, 0) is 0 Å². The first-order chi connectivity index (χ1) is 9.15. The third-order valence-corrected chi connectivity index (χ3v) is 1.76. The molecule has 0 aromatic rings. The van der Waals surface area contributed by atoms with E-state index in [2.05, 4.69) is 18.9 Å². The van der Waals surface area contributed by atoms with Gasteiger partial charge in [0.1, 0.15) is 0 Å². The summed E-state index contributed by atoms with van der Waals surface area (Å²) < 4.78 is 122. The summed E-state index contributed by atoms with van der Waals surface area (Å²) in [5.74, 6) is -7.34. The molecule has 1 heterocycles. The van der Waals surface area contributed by atoms with Gasteiger partial charge in [-0.15, -0.1) is 22.0 Å². The van der Waals surface area contributed by atoms with Crippen molar-refractivity contribution < 1.29 is 63.3 Å². The predicted molar refractivity (Wildman–Crippen MR) is 38.9 cm³/mol. The van der Waals surface area contributed by atoms with Crippen molar-refractivity contribution in [3.8, 4) is 0 Å². The summed E-state index contributed by atoms with van der Waals surface area (Å²) in [6.07, 6.45) is -19.7. The van der Waals surface area contributed by atoms with Gasteiger partial charge in [-0.25, -0.2) is 13.9 Å². The SMILES string of the molecule is O=C(OCC1(F)OC(F)(F)OC1OC(F)(F)F)C(F)(F)F. The molecule has 0 saturated carbocycles. The second-order valence-electron chi connectivity index (χ2n) is 3.44. The zero-order valence-electron chi connectivity index (χ0n) is 9.23. The Morgan fingerprint density at radius 2 is 1.62 bits per heavy atom. The van der Waals surface area contributed by atoms with E-state index in [1.807, 2.05) is 0 Å². The van der Waals surface area contributed by atoms with Crippen LogP contribution in [-0.2, 0) is 23.7 Å². The highest BCUT2D eigenvalue weighted by atomic mass is 19.4. The van der Waals surface area contributed by atoms with Crippen molar-refractivity contribution in [2.45, 2.75) is 31.0 Å². The lowest BCUT2D eigenvalue weighted by Gasteiger charge is -2.23. The predicted octanol–water partition coefficient (Wildman–Crippen LogP) is 2.22. The van der Waals surface area contributed by atoms with E-state index in [0.29, 0.717) is 0 Å². The van der Waals surface area contributed by atoms with Gasteiger partial charge in [-0.3, -0.25) is 9.47 Å². The van der Waals surface area contributed by atoms with Crippen molar-refractivity contribution in [2.24, 2.45) is 0 Å². The second-order valence-corrected chi connectivity index (χ2v) is 3.44. The summed E-state index contributed by atoms with van der Waals surface area (Å²) in [5.41, 5.74) is 0. The summed E-state index contributed by atoms with van der Waals surface area (Å²) in [6, 6.07) is 0. The molecule has 1 aliphatic rings. The fourth-order valence-corrected chi connectivity index (χ4v) is 1.06. The molecule has 5 nitrogen and oxygen atoms in total. The molecule has 0 aromatic heterocycles. The maximum atomic E-state index is 13.7. The molecule has 1 fully saturated rings. The first kappa shape index (κ1) is 17.8. The number of carbonyl (C=O) groups is 1. The minimum atomic E-state index is -5.68. The van der Waals surface area contributed by atoms with Crippen LogP contribution in [0.5, 0.6) is 0 Å². The average Bonchev–Trinajstić information content (AvgIpc) is 2.41. The zero-order valence-corrected chi connectivity index (χ0v) is 9.23. The molecule has 0 aliphatic carbocycles. The van der Waals surface area contributed by atoms with Crippen LogP contribution in [0.15, 0.2) is 0 Å². The number of carbonyl (C=O) groups excluding carboxylic acids is 1. The van der Waals surface area contributed by atoms with Gasteiger partial charge in [-0.2, -0.15) is 13.2 Å². The van der Waals surface area contributed by atoms with Gasteiger partial charge in [0.05, 0.1) is 0 Å². The number of hydrogen-bond donors (Lipinski definition) is 0. The van der Waals surface area contributed by atoms with Crippen LogP contribution in [0.4, 0.5) is 39.5 Å². The van der Waals surface area contributed by atoms with Crippen LogP contribution in [0.3, 0.4) is 0 Å². The monoisotopic (exact) mass is 338 g/mol. The smallest absolute Gasteiger partial charge is 0.453 e. The van der Waals surface area contributed by atoms with Gasteiger partial charge < -0.3 is 4.74 Å². The Morgan fingerprint density at radius 3 is 2.05 bits per heavy atom. The maximum Gasteiger partial charge on any atom is 0.524 e. The number of rotatable bonds is 3. The summed E-state index contributed by atoms with van der Waals surface area (Å²) in [5, 5.41) is 0. The standard InChI is InChI=1S/C7H3F9O5/c8-4(1-18-2(17)5(9,10)11)3(19-6(12,13)14)20-7(15,16)21-4/h3H,1H2. The first-order valence-electron chi connectivity index (χ1n) is 4.58. The largest absolute Gasteiger partial charge is 0.524 e. The molecule has 21 heavy (non-hydrogen) atoms. The van der Waals surface area contributed by atoms with Crippen LogP contribution in [-0.4, -0.2) is 43.6 Å². The molecule has 0 spiro atoms. The van der Waals surface area contributed by atoms with Crippen LogP contribution >= 0.6 is 0 Å². The molecule has 1 rings (SSSR count). The van der Waals surface area contributed by atoms with Crippen molar-refractivity contribution in [2.75, 3.05) is 6.61 Å². The summed E-state index contributed by atoms with van der Waals surface area (Å²) in [4.78, 5) is 10.3. The van der Waals surface area contributed by atoms with Crippen molar-refractivity contribution in [3.05, 3.63) is 0 Å². The van der Waals surface area contributed by atoms with Crippen molar-refractivity contribution in [3.63, 3.8) is 0 Å². The Labute approximate surface area is 108 Å². The van der Waals surface area contributed by atoms with Gasteiger partial charge in [0.25, 0.3) is 0 Å². The number of hydrogen-bond acceptors (Lipinski definition) is 5. The van der Waals surface area contributed by atoms with E-state index < -0.39 is 43.6 Å². The summed E-state index contributed by atoms with van der Waals surface area (Å²) >= 11 is 0. The number of halogens is 9. The van der Waals surface area contributed by atoms with E-state index in [4.69, 9.17) is 0 Å². The van der Waals surface area contributed by atoms with Crippen LogP contribution < -0.4 is 0 Å². The van der Waals surface area contributed by atoms with Crippen molar-refractivity contribution in [1.82, 2.24) is 0 Å². The number of ether oxygens (including phenoxy) is 4. The second kappa shape index (κ2) is 5.17. The molecule has 2 atom stereocenters. The van der Waals surface area contributed by atoms with E-state index in [1.165, 1.54) is 0 Å². The molecular weight excluding hydrogens is 335 g/mol. The lowest BCUT2D eigenvalue weighted by Crippen LogP contribution is -2.45. The van der Waals surface area contributed by atoms with Crippen LogP contribution in [0, 0.1) is 0 Å². The maximum absolute atomic E-state index is 13.7. The van der Waals surface area contributed by atoms with E-state index in [9.17, 15) is 44.3 Å². The molecule has 0 radical (unpaired) electrons. The van der Waals surface area contributed by atoms with Gasteiger partial charge >= 0.3 is 30.7 Å². The number of esters is 1. The Balaban J connectivity index is 2.81. The third kappa shape index (κ3) is 4.89. The van der Waals surface area contributed by atoms with Gasteiger partial charge in [0, 0.05) is 0 Å². The van der Waals surface area contributed by atoms with Gasteiger partial charge in [-0.1, -0.05) is 0 Å². The fourth-order valence-electron chi connectivity index (χ4n) is 1.06.